The Morgan fingerprint density at radius 1 is 1.33 bits per heavy atom. The quantitative estimate of drug-likeness (QED) is 0.499. The van der Waals surface area contributed by atoms with Crippen LogP contribution in [-0.2, 0) is 6.54 Å². The molecule has 0 aromatic heterocycles. The maximum atomic E-state index is 8.66. The molecule has 0 heterocycles. The van der Waals surface area contributed by atoms with Crippen LogP contribution in [0.3, 0.4) is 0 Å². The summed E-state index contributed by atoms with van der Waals surface area (Å²) in [6.45, 7) is 3.46. The van der Waals surface area contributed by atoms with Crippen molar-refractivity contribution >= 4 is 0 Å². The minimum Gasteiger partial charge on any atom is -0.307 e. The van der Waals surface area contributed by atoms with Crippen LogP contribution in [0.2, 0.25) is 0 Å². The molecule has 0 radical (unpaired) electrons. The lowest BCUT2D eigenvalue weighted by Gasteiger charge is -2.11. The van der Waals surface area contributed by atoms with Crippen LogP contribution in [0, 0.1) is 11.5 Å². The molecule has 0 atom stereocenters. The lowest BCUT2D eigenvalue weighted by Crippen LogP contribution is -2.15. The Balaban J connectivity index is 2.58. The highest BCUT2D eigenvalue weighted by molar-refractivity contribution is 5.14. The number of nitriles is 1. The molecule has 0 bridgehead atoms. The van der Waals surface area contributed by atoms with E-state index in [-0.39, 0.29) is 0 Å². The monoisotopic (exact) mass is 160 g/mol. The smallest absolute Gasteiger partial charge is 0.179 e. The molecule has 0 N–H and O–H groups in total. The van der Waals surface area contributed by atoms with E-state index < -0.39 is 0 Å². The Morgan fingerprint density at radius 3 is 2.50 bits per heavy atom. The van der Waals surface area contributed by atoms with Crippen LogP contribution in [0.25, 0.3) is 0 Å². The molecule has 0 fully saturated rings. The van der Waals surface area contributed by atoms with Crippen molar-refractivity contribution in [2.45, 2.75) is 13.5 Å². The van der Waals surface area contributed by atoms with Gasteiger partial charge >= 0.3 is 0 Å². The highest BCUT2D eigenvalue weighted by Gasteiger charge is 1.97. The molecule has 0 saturated carbocycles. The molecule has 0 unspecified atom stereocenters. The van der Waals surface area contributed by atoms with Gasteiger partial charge in [0.25, 0.3) is 0 Å². The summed E-state index contributed by atoms with van der Waals surface area (Å²) in [6.07, 6.45) is 2.13. The SMILES string of the molecule is CCN(C#N)Cc1ccccc1. The molecule has 0 aliphatic rings. The fraction of sp³-hybridized carbons (Fsp3) is 0.300. The zero-order valence-corrected chi connectivity index (χ0v) is 7.20. The third-order valence-corrected chi connectivity index (χ3v) is 1.74. The molecule has 1 aromatic carbocycles. The van der Waals surface area contributed by atoms with E-state index in [1.165, 1.54) is 5.56 Å². The second-order valence-corrected chi connectivity index (χ2v) is 2.60. The average Bonchev–Trinajstić information content (AvgIpc) is 2.16. The predicted molar refractivity (Wildman–Crippen MR) is 48.1 cm³/mol. The topological polar surface area (TPSA) is 27.0 Å². The van der Waals surface area contributed by atoms with Crippen molar-refractivity contribution in [2.24, 2.45) is 0 Å². The average molecular weight is 160 g/mol. The molecule has 1 aromatic rings. The molecule has 0 amide bonds. The maximum absolute atomic E-state index is 8.66. The molecule has 0 aliphatic carbocycles. The van der Waals surface area contributed by atoms with E-state index in [0.29, 0.717) is 6.54 Å². The number of nitrogens with zero attached hydrogens (tertiary/aromatic N) is 2. The highest BCUT2D eigenvalue weighted by Crippen LogP contribution is 2.02. The van der Waals surface area contributed by atoms with E-state index in [4.69, 9.17) is 5.26 Å². The maximum Gasteiger partial charge on any atom is 0.179 e. The zero-order valence-electron chi connectivity index (χ0n) is 7.20. The van der Waals surface area contributed by atoms with E-state index in [1.807, 2.05) is 37.3 Å². The van der Waals surface area contributed by atoms with Crippen LogP contribution in [-0.4, -0.2) is 11.4 Å². The highest BCUT2D eigenvalue weighted by atomic mass is 15.1. The van der Waals surface area contributed by atoms with Crippen LogP contribution >= 0.6 is 0 Å². The van der Waals surface area contributed by atoms with Crippen molar-refractivity contribution in [2.75, 3.05) is 6.54 Å². The van der Waals surface area contributed by atoms with Crippen molar-refractivity contribution in [1.82, 2.24) is 4.90 Å². The number of benzene rings is 1. The molecular formula is C10H12N2. The summed E-state index contributed by atoms with van der Waals surface area (Å²) in [4.78, 5) is 1.72. The molecule has 2 nitrogen and oxygen atoms in total. The summed E-state index contributed by atoms with van der Waals surface area (Å²) in [5.74, 6) is 0. The van der Waals surface area contributed by atoms with Gasteiger partial charge in [-0.2, -0.15) is 5.26 Å². The first-order valence-corrected chi connectivity index (χ1v) is 4.05. The molecule has 0 spiro atoms. The summed E-state index contributed by atoms with van der Waals surface area (Å²) >= 11 is 0. The zero-order chi connectivity index (χ0) is 8.81. The van der Waals surface area contributed by atoms with Gasteiger partial charge < -0.3 is 4.90 Å². The van der Waals surface area contributed by atoms with Crippen LogP contribution in [0.4, 0.5) is 0 Å². The van der Waals surface area contributed by atoms with Crippen molar-refractivity contribution in [1.29, 1.82) is 5.26 Å². The summed E-state index contributed by atoms with van der Waals surface area (Å²) in [5, 5.41) is 8.66. The molecule has 62 valence electrons. The lowest BCUT2D eigenvalue weighted by atomic mass is 10.2. The minimum absolute atomic E-state index is 0.716. The first kappa shape index (κ1) is 8.61. The molecular weight excluding hydrogens is 148 g/mol. The van der Waals surface area contributed by atoms with Crippen molar-refractivity contribution in [3.63, 3.8) is 0 Å². The largest absolute Gasteiger partial charge is 0.307 e. The van der Waals surface area contributed by atoms with Gasteiger partial charge in [-0.3, -0.25) is 0 Å². The first-order valence-electron chi connectivity index (χ1n) is 4.05. The fourth-order valence-corrected chi connectivity index (χ4v) is 1.02. The van der Waals surface area contributed by atoms with Gasteiger partial charge in [-0.05, 0) is 12.5 Å². The van der Waals surface area contributed by atoms with Gasteiger partial charge in [0.05, 0.1) is 6.54 Å². The summed E-state index contributed by atoms with van der Waals surface area (Å²) < 4.78 is 0. The minimum atomic E-state index is 0.716. The van der Waals surface area contributed by atoms with Gasteiger partial charge in [0, 0.05) is 6.54 Å². The second kappa shape index (κ2) is 4.40. The van der Waals surface area contributed by atoms with Gasteiger partial charge in [-0.1, -0.05) is 30.3 Å². The Labute approximate surface area is 73.0 Å². The lowest BCUT2D eigenvalue weighted by molar-refractivity contribution is 0.407. The van der Waals surface area contributed by atoms with Crippen LogP contribution in [0.5, 0.6) is 0 Å². The van der Waals surface area contributed by atoms with Gasteiger partial charge in [0.2, 0.25) is 0 Å². The number of hydrogen-bond acceptors (Lipinski definition) is 2. The van der Waals surface area contributed by atoms with Gasteiger partial charge in [0.15, 0.2) is 6.19 Å². The van der Waals surface area contributed by atoms with Gasteiger partial charge in [-0.25, -0.2) is 0 Å². The predicted octanol–water partition coefficient (Wildman–Crippen LogP) is 1.99. The summed E-state index contributed by atoms with van der Waals surface area (Å²) in [7, 11) is 0. The number of hydrogen-bond donors (Lipinski definition) is 0. The van der Waals surface area contributed by atoms with Crippen molar-refractivity contribution in [3.05, 3.63) is 35.9 Å². The van der Waals surface area contributed by atoms with E-state index in [0.717, 1.165) is 6.54 Å². The van der Waals surface area contributed by atoms with E-state index in [1.54, 1.807) is 4.90 Å². The molecule has 0 aliphatic heterocycles. The number of rotatable bonds is 3. The molecule has 12 heavy (non-hydrogen) atoms. The van der Waals surface area contributed by atoms with Crippen LogP contribution in [0.1, 0.15) is 12.5 Å². The third-order valence-electron chi connectivity index (χ3n) is 1.74. The molecule has 2 heteroatoms. The third kappa shape index (κ3) is 2.28. The Morgan fingerprint density at radius 2 is 2.00 bits per heavy atom. The van der Waals surface area contributed by atoms with E-state index in [9.17, 15) is 0 Å². The van der Waals surface area contributed by atoms with Crippen molar-refractivity contribution in [3.8, 4) is 6.19 Å². The van der Waals surface area contributed by atoms with E-state index in [2.05, 4.69) is 6.19 Å². The van der Waals surface area contributed by atoms with Gasteiger partial charge in [0.1, 0.15) is 0 Å². The molecule has 1 rings (SSSR count). The van der Waals surface area contributed by atoms with Crippen LogP contribution in [0.15, 0.2) is 30.3 Å². The first-order chi connectivity index (χ1) is 5.86. The molecule has 0 saturated heterocycles. The van der Waals surface area contributed by atoms with E-state index >= 15 is 0 Å². The van der Waals surface area contributed by atoms with Crippen LogP contribution < -0.4 is 0 Å². The Bertz CT molecular complexity index is 261. The Kier molecular flexibility index (Phi) is 3.16. The Hall–Kier alpha value is -1.49. The fourth-order valence-electron chi connectivity index (χ4n) is 1.02. The summed E-state index contributed by atoms with van der Waals surface area (Å²) in [6, 6.07) is 10.0. The summed E-state index contributed by atoms with van der Waals surface area (Å²) in [5.41, 5.74) is 1.18. The standard InChI is InChI=1S/C10H12N2/c1-2-12(9-11)8-10-6-4-3-5-7-10/h3-7H,2,8H2,1H3. The van der Waals surface area contributed by atoms with Gasteiger partial charge in [-0.15, -0.1) is 0 Å². The second-order valence-electron chi connectivity index (χ2n) is 2.60. The normalized spacial score (nSPS) is 9.00. The van der Waals surface area contributed by atoms with Crippen molar-refractivity contribution < 1.29 is 0 Å².